The first-order chi connectivity index (χ1) is 5.39. The van der Waals surface area contributed by atoms with Gasteiger partial charge in [0.1, 0.15) is 0 Å². The van der Waals surface area contributed by atoms with Crippen LogP contribution in [0, 0.1) is 0 Å². The minimum absolute atomic E-state index is 0.286. The van der Waals surface area contributed by atoms with Crippen molar-refractivity contribution in [2.24, 2.45) is 0 Å². The summed E-state index contributed by atoms with van der Waals surface area (Å²) in [6.07, 6.45) is 0.650. The maximum Gasteiger partial charge on any atom is 0.407 e. The highest BCUT2D eigenvalue weighted by Crippen LogP contribution is 1.88. The van der Waals surface area contributed by atoms with E-state index in [0.717, 1.165) is 13.0 Å². The number of amides is 1. The highest BCUT2D eigenvalue weighted by molar-refractivity contribution is 5.67. The first-order valence-corrected chi connectivity index (χ1v) is 4.30. The van der Waals surface area contributed by atoms with Crippen molar-refractivity contribution in [3.8, 4) is 0 Å². The molecule has 1 N–H and O–H groups in total. The van der Waals surface area contributed by atoms with Crippen molar-refractivity contribution < 1.29 is 9.53 Å². The third-order valence-electron chi connectivity index (χ3n) is 0.824. The van der Waals surface area contributed by atoms with Crippen LogP contribution in [0.1, 0.15) is 34.1 Å². The predicted molar refractivity (Wildman–Crippen MR) is 46.7 cm³/mol. The van der Waals surface area contributed by atoms with Gasteiger partial charge in [-0.15, -0.1) is 0 Å². The van der Waals surface area contributed by atoms with Gasteiger partial charge in [0.2, 0.25) is 0 Å². The number of rotatable bonds is 0. The SMILES string of the molecule is CC.CC.O=C1NCCCO1. The van der Waals surface area contributed by atoms with Gasteiger partial charge in [0.05, 0.1) is 6.61 Å². The zero-order chi connectivity index (χ0) is 9.11. The number of carbonyl (C=O) groups is 1. The summed E-state index contributed by atoms with van der Waals surface area (Å²) in [5.41, 5.74) is 0. The lowest BCUT2D eigenvalue weighted by Crippen LogP contribution is -2.31. The van der Waals surface area contributed by atoms with E-state index in [1.54, 1.807) is 0 Å². The van der Waals surface area contributed by atoms with Crippen molar-refractivity contribution in [1.82, 2.24) is 5.32 Å². The van der Waals surface area contributed by atoms with Crippen LogP contribution in [0.25, 0.3) is 0 Å². The van der Waals surface area contributed by atoms with Crippen LogP contribution in [0.5, 0.6) is 0 Å². The Morgan fingerprint density at radius 2 is 1.82 bits per heavy atom. The van der Waals surface area contributed by atoms with Gasteiger partial charge in [0.25, 0.3) is 0 Å². The van der Waals surface area contributed by atoms with Crippen molar-refractivity contribution >= 4 is 6.09 Å². The maximum atomic E-state index is 10.1. The van der Waals surface area contributed by atoms with Crippen molar-refractivity contribution in [1.29, 1.82) is 0 Å². The van der Waals surface area contributed by atoms with E-state index in [1.807, 2.05) is 27.7 Å². The Hall–Kier alpha value is -0.730. The number of nitrogens with one attached hydrogen (secondary N) is 1. The second-order valence-corrected chi connectivity index (χ2v) is 1.42. The van der Waals surface area contributed by atoms with Crippen LogP contribution in [-0.2, 0) is 4.74 Å². The summed E-state index contributed by atoms with van der Waals surface area (Å²) in [6, 6.07) is 0. The monoisotopic (exact) mass is 161 g/mol. The van der Waals surface area contributed by atoms with Crippen LogP contribution in [-0.4, -0.2) is 19.2 Å². The molecule has 3 nitrogen and oxygen atoms in total. The second-order valence-electron chi connectivity index (χ2n) is 1.42. The molecule has 1 heterocycles. The van der Waals surface area contributed by atoms with Crippen LogP contribution in [0.4, 0.5) is 4.79 Å². The fourth-order valence-electron chi connectivity index (χ4n) is 0.479. The molecule has 0 aliphatic carbocycles. The molecule has 1 aliphatic heterocycles. The van der Waals surface area contributed by atoms with E-state index < -0.39 is 0 Å². The molecule has 1 fully saturated rings. The molecule has 1 rings (SSSR count). The summed E-state index contributed by atoms with van der Waals surface area (Å²) >= 11 is 0. The molecule has 11 heavy (non-hydrogen) atoms. The summed E-state index contributed by atoms with van der Waals surface area (Å²) in [4.78, 5) is 10.1. The average molecular weight is 161 g/mol. The van der Waals surface area contributed by atoms with Crippen molar-refractivity contribution in [2.75, 3.05) is 13.2 Å². The second kappa shape index (κ2) is 12.0. The van der Waals surface area contributed by atoms with Crippen LogP contribution < -0.4 is 5.32 Å². The van der Waals surface area contributed by atoms with E-state index in [1.165, 1.54) is 0 Å². The number of carbonyl (C=O) groups excluding carboxylic acids is 1. The Labute approximate surface area is 69.1 Å². The lowest BCUT2D eigenvalue weighted by Gasteiger charge is -2.10. The Kier molecular flexibility index (Phi) is 14.1. The summed E-state index contributed by atoms with van der Waals surface area (Å²) in [5.74, 6) is 0. The summed E-state index contributed by atoms with van der Waals surface area (Å²) in [5, 5.41) is 2.52. The number of hydrogen-bond donors (Lipinski definition) is 1. The van der Waals surface area contributed by atoms with Gasteiger partial charge in [-0.05, 0) is 6.42 Å². The lowest BCUT2D eigenvalue weighted by atomic mass is 10.4. The van der Waals surface area contributed by atoms with Gasteiger partial charge in [0.15, 0.2) is 0 Å². The largest absolute Gasteiger partial charge is 0.449 e. The summed E-state index contributed by atoms with van der Waals surface area (Å²) in [6.45, 7) is 9.34. The van der Waals surface area contributed by atoms with E-state index in [0.29, 0.717) is 6.61 Å². The molecule has 1 amide bonds. The van der Waals surface area contributed by atoms with Gasteiger partial charge < -0.3 is 10.1 Å². The van der Waals surface area contributed by atoms with Crippen LogP contribution >= 0.6 is 0 Å². The van der Waals surface area contributed by atoms with Crippen LogP contribution in [0.15, 0.2) is 0 Å². The van der Waals surface area contributed by atoms with Crippen LogP contribution in [0.2, 0.25) is 0 Å². The lowest BCUT2D eigenvalue weighted by molar-refractivity contribution is 0.129. The zero-order valence-corrected chi connectivity index (χ0v) is 7.94. The fraction of sp³-hybridized carbons (Fsp3) is 0.875. The zero-order valence-electron chi connectivity index (χ0n) is 7.94. The molecular formula is C8H19NO2. The smallest absolute Gasteiger partial charge is 0.407 e. The van der Waals surface area contributed by atoms with Crippen molar-refractivity contribution in [2.45, 2.75) is 34.1 Å². The molecule has 0 aromatic rings. The van der Waals surface area contributed by atoms with Gasteiger partial charge >= 0.3 is 6.09 Å². The molecule has 1 aliphatic rings. The molecule has 68 valence electrons. The van der Waals surface area contributed by atoms with E-state index in [2.05, 4.69) is 10.1 Å². The van der Waals surface area contributed by atoms with Gasteiger partial charge in [-0.1, -0.05) is 27.7 Å². The maximum absolute atomic E-state index is 10.1. The summed E-state index contributed by atoms with van der Waals surface area (Å²) < 4.78 is 4.53. The van der Waals surface area contributed by atoms with E-state index in [9.17, 15) is 4.79 Å². The van der Waals surface area contributed by atoms with Gasteiger partial charge in [-0.25, -0.2) is 4.79 Å². The molecule has 0 atom stereocenters. The van der Waals surface area contributed by atoms with Crippen LogP contribution in [0.3, 0.4) is 0 Å². The number of hydrogen-bond acceptors (Lipinski definition) is 2. The van der Waals surface area contributed by atoms with Crippen molar-refractivity contribution in [3.05, 3.63) is 0 Å². The quantitative estimate of drug-likeness (QED) is 0.591. The minimum atomic E-state index is -0.286. The summed E-state index contributed by atoms with van der Waals surface area (Å²) in [7, 11) is 0. The first-order valence-electron chi connectivity index (χ1n) is 4.30. The Morgan fingerprint density at radius 1 is 1.27 bits per heavy atom. The fourth-order valence-corrected chi connectivity index (χ4v) is 0.479. The number of ether oxygens (including phenoxy) is 1. The van der Waals surface area contributed by atoms with Gasteiger partial charge in [-0.3, -0.25) is 0 Å². The third kappa shape index (κ3) is 9.27. The Morgan fingerprint density at radius 3 is 2.00 bits per heavy atom. The molecule has 0 radical (unpaired) electrons. The topological polar surface area (TPSA) is 38.3 Å². The average Bonchev–Trinajstić information content (AvgIpc) is 2.13. The molecule has 0 saturated carbocycles. The molecule has 0 aromatic heterocycles. The van der Waals surface area contributed by atoms with Gasteiger partial charge in [-0.2, -0.15) is 0 Å². The molecule has 0 aromatic carbocycles. The molecule has 0 spiro atoms. The first kappa shape index (κ1) is 12.9. The number of alkyl carbamates (subject to hydrolysis) is 1. The van der Waals surface area contributed by atoms with E-state index >= 15 is 0 Å². The highest BCUT2D eigenvalue weighted by atomic mass is 16.5. The standard InChI is InChI=1S/C4H7NO2.2C2H6/c6-4-5-2-1-3-7-4;2*1-2/h1-3H2,(H,5,6);2*1-2H3. The molecule has 3 heteroatoms. The van der Waals surface area contributed by atoms with Gasteiger partial charge in [0, 0.05) is 6.54 Å². The highest BCUT2D eigenvalue weighted by Gasteiger charge is 2.04. The van der Waals surface area contributed by atoms with Crippen molar-refractivity contribution in [3.63, 3.8) is 0 Å². The molecule has 1 saturated heterocycles. The molecule has 0 unspecified atom stereocenters. The number of cyclic esters (lactones) is 1. The Bertz CT molecular complexity index is 76.2. The van der Waals surface area contributed by atoms with E-state index in [-0.39, 0.29) is 6.09 Å². The molecule has 0 bridgehead atoms. The predicted octanol–water partition coefficient (Wildman–Crippen LogP) is 2.17. The normalized spacial score (nSPS) is 14.0. The van der Waals surface area contributed by atoms with E-state index in [4.69, 9.17) is 0 Å². The molecular weight excluding hydrogens is 142 g/mol. The Balaban J connectivity index is 0. The minimum Gasteiger partial charge on any atom is -0.449 e. The third-order valence-corrected chi connectivity index (χ3v) is 0.824.